The first-order chi connectivity index (χ1) is 10.7. The molecule has 0 amide bonds. The molecule has 1 aliphatic rings. The van der Waals surface area contributed by atoms with E-state index in [1.807, 2.05) is 36.4 Å². The summed E-state index contributed by atoms with van der Waals surface area (Å²) in [5, 5.41) is 0. The van der Waals surface area contributed by atoms with Crippen LogP contribution in [0.2, 0.25) is 0 Å². The van der Waals surface area contributed by atoms with Crippen molar-refractivity contribution in [2.75, 3.05) is 0 Å². The van der Waals surface area contributed by atoms with Crippen LogP contribution in [0, 0.1) is 5.82 Å². The van der Waals surface area contributed by atoms with Gasteiger partial charge in [0.1, 0.15) is 12.4 Å². The van der Waals surface area contributed by atoms with E-state index in [9.17, 15) is 9.18 Å². The number of ketones is 1. The molecular weight excluding hydrogens is 279 g/mol. The second-order valence-electron chi connectivity index (χ2n) is 5.75. The lowest BCUT2D eigenvalue weighted by Gasteiger charge is -2.24. The van der Waals surface area contributed by atoms with Gasteiger partial charge in [-0.1, -0.05) is 42.5 Å². The Hall–Kier alpha value is -2.16. The van der Waals surface area contributed by atoms with E-state index >= 15 is 0 Å². The molecule has 1 aliphatic carbocycles. The van der Waals surface area contributed by atoms with Crippen LogP contribution in [0.3, 0.4) is 0 Å². The zero-order chi connectivity index (χ0) is 15.4. The molecule has 0 saturated heterocycles. The highest BCUT2D eigenvalue weighted by Gasteiger charge is 2.24. The normalized spacial score (nSPS) is 15.8. The van der Waals surface area contributed by atoms with E-state index in [4.69, 9.17) is 4.74 Å². The van der Waals surface area contributed by atoms with Crippen LogP contribution >= 0.6 is 0 Å². The van der Waals surface area contributed by atoms with Gasteiger partial charge in [-0.2, -0.15) is 0 Å². The third kappa shape index (κ3) is 3.35. The summed E-state index contributed by atoms with van der Waals surface area (Å²) >= 11 is 0. The molecule has 22 heavy (non-hydrogen) atoms. The first kappa shape index (κ1) is 14.8. The Labute approximate surface area is 129 Å². The summed E-state index contributed by atoms with van der Waals surface area (Å²) in [6, 6.07) is 14.8. The number of rotatable bonds is 4. The average Bonchev–Trinajstić information content (AvgIpc) is 2.55. The third-order valence-electron chi connectivity index (χ3n) is 4.21. The average molecular weight is 298 g/mol. The molecule has 114 valence electrons. The molecule has 1 saturated carbocycles. The predicted octanol–water partition coefficient (Wildman–Crippen LogP) is 4.63. The largest absolute Gasteiger partial charge is 0.486 e. The number of hydrogen-bond acceptors (Lipinski definition) is 2. The van der Waals surface area contributed by atoms with E-state index in [0.29, 0.717) is 31.0 Å². The fourth-order valence-electron chi connectivity index (χ4n) is 2.98. The zero-order valence-corrected chi connectivity index (χ0v) is 12.4. The molecule has 2 nitrogen and oxygen atoms in total. The van der Waals surface area contributed by atoms with E-state index in [0.717, 1.165) is 24.0 Å². The van der Waals surface area contributed by atoms with Crippen molar-refractivity contribution < 1.29 is 13.9 Å². The molecule has 0 bridgehead atoms. The van der Waals surface area contributed by atoms with Gasteiger partial charge >= 0.3 is 0 Å². The summed E-state index contributed by atoms with van der Waals surface area (Å²) in [4.78, 5) is 11.4. The van der Waals surface area contributed by atoms with E-state index in [2.05, 4.69) is 0 Å². The molecule has 0 spiro atoms. The lowest BCUT2D eigenvalue weighted by Crippen LogP contribution is -2.14. The smallest absolute Gasteiger partial charge is 0.165 e. The van der Waals surface area contributed by atoms with Crippen molar-refractivity contribution in [1.29, 1.82) is 0 Å². The molecule has 0 aromatic heterocycles. The van der Waals surface area contributed by atoms with Crippen molar-refractivity contribution in [1.82, 2.24) is 0 Å². The molecule has 3 rings (SSSR count). The van der Waals surface area contributed by atoms with Gasteiger partial charge in [0.05, 0.1) is 0 Å². The molecule has 0 heterocycles. The highest BCUT2D eigenvalue weighted by atomic mass is 19.1. The first-order valence-electron chi connectivity index (χ1n) is 7.71. The molecule has 0 aliphatic heterocycles. The van der Waals surface area contributed by atoms with E-state index < -0.39 is 0 Å². The van der Waals surface area contributed by atoms with Crippen molar-refractivity contribution in [3.63, 3.8) is 0 Å². The van der Waals surface area contributed by atoms with Gasteiger partial charge in [0.15, 0.2) is 11.6 Å². The Morgan fingerprint density at radius 1 is 1.00 bits per heavy atom. The number of Topliss-reactive ketones (excluding diaryl/α,β-unsaturated/α-hetero) is 1. The maximum Gasteiger partial charge on any atom is 0.165 e. The maximum atomic E-state index is 14.2. The van der Waals surface area contributed by atoms with Gasteiger partial charge in [-0.05, 0) is 30.4 Å². The standard InChI is InChI=1S/C19H19FO2/c20-18-8-4-7-17(15-9-11-16(21)12-10-15)19(18)22-13-14-5-2-1-3-6-14/h1-8,15H,9-13H2. The highest BCUT2D eigenvalue weighted by Crippen LogP contribution is 2.38. The maximum absolute atomic E-state index is 14.2. The molecule has 0 unspecified atom stereocenters. The summed E-state index contributed by atoms with van der Waals surface area (Å²) in [6.07, 6.45) is 2.73. The number of carbonyl (C=O) groups is 1. The summed E-state index contributed by atoms with van der Waals surface area (Å²) in [5.41, 5.74) is 1.90. The van der Waals surface area contributed by atoms with Crippen LogP contribution in [0.5, 0.6) is 5.75 Å². The lowest BCUT2D eigenvalue weighted by molar-refractivity contribution is -0.120. The van der Waals surface area contributed by atoms with E-state index in [1.165, 1.54) is 6.07 Å². The van der Waals surface area contributed by atoms with Gasteiger partial charge in [-0.25, -0.2) is 4.39 Å². The van der Waals surface area contributed by atoms with Gasteiger partial charge in [-0.3, -0.25) is 4.79 Å². The molecule has 1 fully saturated rings. The van der Waals surface area contributed by atoms with Crippen LogP contribution in [-0.4, -0.2) is 5.78 Å². The van der Waals surface area contributed by atoms with Crippen molar-refractivity contribution in [2.45, 2.75) is 38.2 Å². The summed E-state index contributed by atoms with van der Waals surface area (Å²) in [7, 11) is 0. The van der Waals surface area contributed by atoms with Crippen LogP contribution in [0.4, 0.5) is 4.39 Å². The Morgan fingerprint density at radius 2 is 1.73 bits per heavy atom. The minimum absolute atomic E-state index is 0.208. The summed E-state index contributed by atoms with van der Waals surface area (Å²) < 4.78 is 20.0. The molecule has 0 N–H and O–H groups in total. The first-order valence-corrected chi connectivity index (χ1v) is 7.71. The summed E-state index contributed by atoms with van der Waals surface area (Å²) in [5.74, 6) is 0.523. The van der Waals surface area contributed by atoms with Crippen LogP contribution in [0.1, 0.15) is 42.7 Å². The van der Waals surface area contributed by atoms with E-state index in [1.54, 1.807) is 6.07 Å². The number of para-hydroxylation sites is 1. The SMILES string of the molecule is O=C1CCC(c2cccc(F)c2OCc2ccccc2)CC1. The van der Waals surface area contributed by atoms with Gasteiger partial charge in [0.2, 0.25) is 0 Å². The lowest BCUT2D eigenvalue weighted by atomic mass is 9.83. The second kappa shape index (κ2) is 6.73. The number of benzene rings is 2. The molecule has 3 heteroatoms. The van der Waals surface area contributed by atoms with Gasteiger partial charge in [-0.15, -0.1) is 0 Å². The zero-order valence-electron chi connectivity index (χ0n) is 12.4. The van der Waals surface area contributed by atoms with Gasteiger partial charge < -0.3 is 4.74 Å². The topological polar surface area (TPSA) is 26.3 Å². The third-order valence-corrected chi connectivity index (χ3v) is 4.21. The van der Waals surface area contributed by atoms with Crippen molar-refractivity contribution in [3.8, 4) is 5.75 Å². The van der Waals surface area contributed by atoms with Crippen LogP contribution < -0.4 is 4.74 Å². The van der Waals surface area contributed by atoms with Crippen LogP contribution in [0.15, 0.2) is 48.5 Å². The van der Waals surface area contributed by atoms with Crippen LogP contribution in [0.25, 0.3) is 0 Å². The quantitative estimate of drug-likeness (QED) is 0.822. The molecule has 2 aromatic carbocycles. The molecular formula is C19H19FO2. The Balaban J connectivity index is 1.79. The van der Waals surface area contributed by atoms with Crippen molar-refractivity contribution in [2.24, 2.45) is 0 Å². The van der Waals surface area contributed by atoms with Gasteiger partial charge in [0.25, 0.3) is 0 Å². The number of ether oxygens (including phenoxy) is 1. The number of hydrogen-bond donors (Lipinski definition) is 0. The molecule has 0 atom stereocenters. The van der Waals surface area contributed by atoms with Crippen LogP contribution in [-0.2, 0) is 11.4 Å². The second-order valence-corrected chi connectivity index (χ2v) is 5.75. The Morgan fingerprint density at radius 3 is 2.45 bits per heavy atom. The Bertz CT molecular complexity index is 642. The Kier molecular flexibility index (Phi) is 4.52. The minimum Gasteiger partial charge on any atom is -0.486 e. The van der Waals surface area contributed by atoms with Crippen molar-refractivity contribution in [3.05, 3.63) is 65.5 Å². The predicted molar refractivity (Wildman–Crippen MR) is 83.4 cm³/mol. The summed E-state index contributed by atoms with van der Waals surface area (Å²) in [6.45, 7) is 0.348. The fourth-order valence-corrected chi connectivity index (χ4v) is 2.98. The fraction of sp³-hybridized carbons (Fsp3) is 0.316. The molecule has 0 radical (unpaired) electrons. The number of halogens is 1. The van der Waals surface area contributed by atoms with Gasteiger partial charge in [0, 0.05) is 18.4 Å². The minimum atomic E-state index is -0.328. The monoisotopic (exact) mass is 298 g/mol. The number of carbonyl (C=O) groups excluding carboxylic acids is 1. The van der Waals surface area contributed by atoms with E-state index in [-0.39, 0.29) is 11.7 Å². The molecule has 2 aromatic rings. The highest BCUT2D eigenvalue weighted by molar-refractivity contribution is 5.79. The van der Waals surface area contributed by atoms with Crippen molar-refractivity contribution >= 4 is 5.78 Å².